The molecule has 0 bridgehead atoms. The number of amides is 4. The molecule has 0 aliphatic carbocycles. The molecular formula is C48H55Cl4N4O8-. The van der Waals surface area contributed by atoms with E-state index in [0.717, 1.165) is 55.6 Å². The first-order valence-electron chi connectivity index (χ1n) is 19.8. The Balaban J connectivity index is 0.000000301. The summed E-state index contributed by atoms with van der Waals surface area (Å²) >= 11 is 16.9. The average molecular weight is 958 g/mol. The number of carbonyl (C=O) groups is 4. The smallest absolute Gasteiger partial charge is 0.414 e. The first-order valence-corrected chi connectivity index (χ1v) is 21.0. The molecule has 16 heteroatoms. The molecule has 344 valence electrons. The van der Waals surface area contributed by atoms with Crippen LogP contribution >= 0.6 is 34.8 Å². The number of halogens is 4. The van der Waals surface area contributed by atoms with Crippen molar-refractivity contribution in [2.45, 2.75) is 52.6 Å². The Morgan fingerprint density at radius 2 is 1.02 bits per heavy atom. The van der Waals surface area contributed by atoms with Crippen molar-refractivity contribution in [1.82, 2.24) is 20.4 Å². The Bertz CT molecular complexity index is 2450. The van der Waals surface area contributed by atoms with Crippen molar-refractivity contribution in [2.75, 3.05) is 55.6 Å². The minimum atomic E-state index is -0.970. The number of nitrogens with zero attached hydrogens (tertiary/aromatic N) is 2. The highest BCUT2D eigenvalue weighted by atomic mass is 35.5. The molecule has 4 aromatic carbocycles. The average Bonchev–Trinajstić information content (AvgIpc) is 3.58. The monoisotopic (exact) mass is 955 g/mol. The Kier molecular flexibility index (Phi) is 18.5. The highest BCUT2D eigenvalue weighted by Crippen LogP contribution is 2.41. The SMILES string of the molecule is CN(C)C(=O)Cl.COCC1(C)NC(=O)C(c2c(C)ccc(-c3ccc(Cl)cc3)c2C)=C1O.COCC1(C)NC(=O)C(c2c(C)ccc(-c3ccc(Cl)cc3)c2C)=C1OC(=O)N(C)C.[Cl-]. The fraction of sp³-hybridized carbons (Fsp3) is 0.333. The second-order valence-electron chi connectivity index (χ2n) is 16.1. The van der Waals surface area contributed by atoms with Gasteiger partial charge in [0.2, 0.25) is 0 Å². The van der Waals surface area contributed by atoms with E-state index in [1.165, 1.54) is 9.80 Å². The maximum absolute atomic E-state index is 13.2. The van der Waals surface area contributed by atoms with E-state index in [1.54, 1.807) is 56.3 Å². The summed E-state index contributed by atoms with van der Waals surface area (Å²) in [5.41, 5.74) is 7.90. The van der Waals surface area contributed by atoms with Crippen molar-refractivity contribution in [1.29, 1.82) is 0 Å². The predicted octanol–water partition coefficient (Wildman–Crippen LogP) is 6.91. The molecule has 2 atom stereocenters. The number of aliphatic hydroxyl groups is 1. The van der Waals surface area contributed by atoms with E-state index in [1.807, 2.05) is 100 Å². The van der Waals surface area contributed by atoms with Crippen molar-refractivity contribution < 1.29 is 50.9 Å². The second kappa shape index (κ2) is 22.2. The van der Waals surface area contributed by atoms with Gasteiger partial charge in [-0.25, -0.2) is 4.79 Å². The molecule has 12 nitrogen and oxygen atoms in total. The lowest BCUT2D eigenvalue weighted by Gasteiger charge is -2.27. The van der Waals surface area contributed by atoms with Gasteiger partial charge in [-0.15, -0.1) is 0 Å². The molecule has 2 unspecified atom stereocenters. The third-order valence-electron chi connectivity index (χ3n) is 10.6. The quantitative estimate of drug-likeness (QED) is 0.121. The Hall–Kier alpha value is -5.08. The number of carbonyl (C=O) groups excluding carboxylic acids is 4. The first kappa shape index (κ1) is 53.3. The molecule has 0 radical (unpaired) electrons. The van der Waals surface area contributed by atoms with Crippen molar-refractivity contribution in [2.24, 2.45) is 0 Å². The van der Waals surface area contributed by atoms with E-state index in [-0.39, 0.29) is 49.0 Å². The Morgan fingerprint density at radius 1 is 0.641 bits per heavy atom. The number of hydrogen-bond acceptors (Lipinski definition) is 8. The molecule has 0 aromatic heterocycles. The lowest BCUT2D eigenvalue weighted by atomic mass is 9.88. The molecular weight excluding hydrogens is 902 g/mol. The van der Waals surface area contributed by atoms with Crippen LogP contribution in [-0.4, -0.2) is 105 Å². The summed E-state index contributed by atoms with van der Waals surface area (Å²) in [5, 5.41) is 17.5. The van der Waals surface area contributed by atoms with Crippen molar-refractivity contribution in [3.63, 3.8) is 0 Å². The minimum Gasteiger partial charge on any atom is -1.00 e. The van der Waals surface area contributed by atoms with Crippen molar-refractivity contribution >= 4 is 69.2 Å². The highest BCUT2D eigenvalue weighted by molar-refractivity contribution is 6.62. The van der Waals surface area contributed by atoms with E-state index in [0.29, 0.717) is 21.2 Å². The summed E-state index contributed by atoms with van der Waals surface area (Å²) in [6.45, 7) is 11.7. The number of aryl methyl sites for hydroxylation is 2. The summed E-state index contributed by atoms with van der Waals surface area (Å²) < 4.78 is 16.2. The molecule has 2 heterocycles. The molecule has 4 aromatic rings. The van der Waals surface area contributed by atoms with Gasteiger partial charge in [-0.2, -0.15) is 0 Å². The normalized spacial score (nSPS) is 17.6. The van der Waals surface area contributed by atoms with Crippen molar-refractivity contribution in [3.8, 4) is 22.3 Å². The van der Waals surface area contributed by atoms with Gasteiger partial charge >= 0.3 is 11.5 Å². The van der Waals surface area contributed by atoms with Crippen LogP contribution in [0.4, 0.5) is 9.59 Å². The molecule has 0 fully saturated rings. The Labute approximate surface area is 396 Å². The van der Waals surface area contributed by atoms with E-state index < -0.39 is 22.5 Å². The van der Waals surface area contributed by atoms with Crippen LogP contribution in [-0.2, 0) is 23.8 Å². The molecule has 4 amide bonds. The standard InChI is InChI=1S/C24H27ClN2O4.C21H22ClNO3.C3H6ClNO.ClH/c1-14-7-12-18(16-8-10-17(25)11-9-16)15(2)19(14)20-21(31-23(29)27(4)5)24(3,13-30-6)26-22(20)28;1-12-5-10-16(14-6-8-15(22)9-7-14)13(2)17(12)18-19(24)21(3,11-26-4)23-20(18)25;1-5(2)3(4)6;/h7-12H,13H2,1-6H3,(H,26,28);5-10,24H,11H2,1-4H3,(H,23,25);1-2H3;1H/p-1. The summed E-state index contributed by atoms with van der Waals surface area (Å²) in [4.78, 5) is 50.7. The predicted molar refractivity (Wildman–Crippen MR) is 251 cm³/mol. The zero-order valence-corrected chi connectivity index (χ0v) is 41.1. The molecule has 2 aliphatic heterocycles. The summed E-state index contributed by atoms with van der Waals surface area (Å²) in [6, 6.07) is 23.1. The van der Waals surface area contributed by atoms with E-state index in [9.17, 15) is 24.3 Å². The van der Waals surface area contributed by atoms with E-state index in [4.69, 9.17) is 49.0 Å². The van der Waals surface area contributed by atoms with Gasteiger partial charge in [0.15, 0.2) is 5.76 Å². The molecule has 0 saturated carbocycles. The van der Waals surface area contributed by atoms with Crippen LogP contribution < -0.4 is 23.0 Å². The van der Waals surface area contributed by atoms with Crippen LogP contribution in [0.1, 0.15) is 47.2 Å². The highest BCUT2D eigenvalue weighted by Gasteiger charge is 2.46. The van der Waals surface area contributed by atoms with Crippen LogP contribution in [0.25, 0.3) is 33.4 Å². The van der Waals surface area contributed by atoms with E-state index >= 15 is 0 Å². The number of benzene rings is 4. The van der Waals surface area contributed by atoms with Crippen molar-refractivity contribution in [3.05, 3.63) is 128 Å². The van der Waals surface area contributed by atoms with Gasteiger partial charge in [-0.1, -0.05) is 71.7 Å². The molecule has 3 N–H and O–H groups in total. The Morgan fingerprint density at radius 3 is 1.41 bits per heavy atom. The topological polar surface area (TPSA) is 147 Å². The number of hydrogen-bond donors (Lipinski definition) is 3. The number of aliphatic hydroxyl groups excluding tert-OH is 1. The third kappa shape index (κ3) is 11.8. The summed E-state index contributed by atoms with van der Waals surface area (Å²) in [7, 11) is 9.46. The zero-order valence-electron chi connectivity index (χ0n) is 38.1. The number of nitrogens with one attached hydrogen (secondary N) is 2. The zero-order chi connectivity index (χ0) is 47.1. The largest absolute Gasteiger partial charge is 1.00 e. The van der Waals surface area contributed by atoms with Crippen LogP contribution in [0.5, 0.6) is 0 Å². The lowest BCUT2D eigenvalue weighted by molar-refractivity contribution is -0.117. The molecule has 6 rings (SSSR count). The molecule has 0 spiro atoms. The van der Waals surface area contributed by atoms with Gasteiger partial charge in [-0.05, 0) is 133 Å². The minimum absolute atomic E-state index is 0. The van der Waals surface area contributed by atoms with Crippen LogP contribution in [0, 0.1) is 27.7 Å². The maximum atomic E-state index is 13.2. The number of rotatable bonds is 9. The van der Waals surface area contributed by atoms with Crippen LogP contribution in [0.3, 0.4) is 0 Å². The second-order valence-corrected chi connectivity index (χ2v) is 17.3. The van der Waals surface area contributed by atoms with Gasteiger partial charge < -0.3 is 52.2 Å². The summed E-state index contributed by atoms with van der Waals surface area (Å²) in [6.07, 6.45) is -0.560. The maximum Gasteiger partial charge on any atom is 0.414 e. The fourth-order valence-corrected chi connectivity index (χ4v) is 7.69. The fourth-order valence-electron chi connectivity index (χ4n) is 7.44. The molecule has 2 aliphatic rings. The first-order chi connectivity index (χ1) is 29.5. The van der Waals surface area contributed by atoms with Gasteiger partial charge in [0.1, 0.15) is 16.8 Å². The third-order valence-corrected chi connectivity index (χ3v) is 11.5. The number of methoxy groups -OCH3 is 2. The van der Waals surface area contributed by atoms with Gasteiger partial charge in [0, 0.05) is 52.5 Å². The van der Waals surface area contributed by atoms with Gasteiger partial charge in [0.25, 0.3) is 11.8 Å². The molecule has 0 saturated heterocycles. The number of ether oxygens (including phenoxy) is 3. The lowest BCUT2D eigenvalue weighted by Crippen LogP contribution is -3.00. The van der Waals surface area contributed by atoms with Crippen LogP contribution in [0.15, 0.2) is 84.3 Å². The van der Waals surface area contributed by atoms with Gasteiger partial charge in [-0.3, -0.25) is 14.4 Å². The van der Waals surface area contributed by atoms with Crippen LogP contribution in [0.2, 0.25) is 10.0 Å². The van der Waals surface area contributed by atoms with Gasteiger partial charge in [0.05, 0.1) is 24.4 Å². The summed E-state index contributed by atoms with van der Waals surface area (Å²) in [5.74, 6) is -0.316. The molecule has 64 heavy (non-hydrogen) atoms. The van der Waals surface area contributed by atoms with E-state index in [2.05, 4.69) is 10.6 Å².